The molecule has 1 atom stereocenters. The third-order valence-electron chi connectivity index (χ3n) is 4.09. The minimum Gasteiger partial charge on any atom is -0.361 e. The molecule has 1 fully saturated rings. The van der Waals surface area contributed by atoms with E-state index in [4.69, 9.17) is 10.3 Å². The number of aromatic nitrogens is 4. The summed E-state index contributed by atoms with van der Waals surface area (Å²) in [4.78, 5) is 14.5. The molecule has 1 aliphatic rings. The van der Waals surface area contributed by atoms with Gasteiger partial charge in [-0.1, -0.05) is 24.2 Å². The molecule has 1 amide bonds. The summed E-state index contributed by atoms with van der Waals surface area (Å²) in [5.41, 5.74) is 6.65. The third-order valence-corrected chi connectivity index (χ3v) is 4.09. The van der Waals surface area contributed by atoms with Gasteiger partial charge in [-0.25, -0.2) is 0 Å². The van der Waals surface area contributed by atoms with Crippen LogP contribution in [-0.2, 0) is 6.54 Å². The van der Waals surface area contributed by atoms with E-state index < -0.39 is 0 Å². The summed E-state index contributed by atoms with van der Waals surface area (Å²) in [6.07, 6.45) is 3.47. The number of likely N-dealkylation sites (tertiary alicyclic amines) is 1. The number of amides is 1. The molecule has 8 nitrogen and oxygen atoms in total. The lowest BCUT2D eigenvalue weighted by Gasteiger charge is -2.21. The van der Waals surface area contributed by atoms with E-state index in [1.165, 1.54) is 0 Å². The minimum absolute atomic E-state index is 0.0570. The average Bonchev–Trinajstić information content (AvgIpc) is 3.26. The van der Waals surface area contributed by atoms with Crippen LogP contribution in [-0.4, -0.2) is 44.0 Å². The Balaban J connectivity index is 1.78. The van der Waals surface area contributed by atoms with E-state index in [2.05, 4.69) is 29.3 Å². The number of carbonyl (C=O) groups is 1. The van der Waals surface area contributed by atoms with Crippen molar-refractivity contribution < 1.29 is 9.32 Å². The van der Waals surface area contributed by atoms with Gasteiger partial charge in [0.05, 0.1) is 18.8 Å². The predicted octanol–water partition coefficient (Wildman–Crippen LogP) is 1.33. The molecule has 1 aliphatic heterocycles. The monoisotopic (exact) mass is 318 g/mol. The predicted molar refractivity (Wildman–Crippen MR) is 82.7 cm³/mol. The Bertz CT molecular complexity index is 677. The quantitative estimate of drug-likeness (QED) is 0.892. The Morgan fingerprint density at radius 3 is 3.04 bits per heavy atom. The highest BCUT2D eigenvalue weighted by Crippen LogP contribution is 2.33. The van der Waals surface area contributed by atoms with Crippen LogP contribution >= 0.6 is 0 Å². The molecule has 2 N–H and O–H groups in total. The van der Waals surface area contributed by atoms with Crippen LogP contribution in [0.2, 0.25) is 0 Å². The highest BCUT2D eigenvalue weighted by atomic mass is 16.5. The maximum absolute atomic E-state index is 12.7. The van der Waals surface area contributed by atoms with Crippen molar-refractivity contribution in [3.05, 3.63) is 29.4 Å². The van der Waals surface area contributed by atoms with Gasteiger partial charge in [0, 0.05) is 25.1 Å². The van der Waals surface area contributed by atoms with E-state index in [1.807, 2.05) is 6.07 Å². The molecular formula is C15H22N6O2. The fourth-order valence-corrected chi connectivity index (χ4v) is 2.84. The maximum Gasteiger partial charge on any atom is 0.276 e. The molecule has 23 heavy (non-hydrogen) atoms. The molecule has 0 aliphatic carbocycles. The SMILES string of the molecule is CC(C)c1cc([C@@H]2CCCN2C(=O)c2cn(CCN)nn2)no1. The molecule has 124 valence electrons. The van der Waals surface area contributed by atoms with Gasteiger partial charge in [0.1, 0.15) is 11.5 Å². The second-order valence-corrected chi connectivity index (χ2v) is 6.12. The fourth-order valence-electron chi connectivity index (χ4n) is 2.84. The first-order valence-corrected chi connectivity index (χ1v) is 7.98. The van der Waals surface area contributed by atoms with Gasteiger partial charge in [0.2, 0.25) is 0 Å². The van der Waals surface area contributed by atoms with E-state index in [-0.39, 0.29) is 17.9 Å². The molecule has 8 heteroatoms. The second-order valence-electron chi connectivity index (χ2n) is 6.12. The number of carbonyl (C=O) groups excluding carboxylic acids is 1. The van der Waals surface area contributed by atoms with E-state index in [0.29, 0.717) is 25.3 Å². The van der Waals surface area contributed by atoms with Gasteiger partial charge in [-0.3, -0.25) is 9.48 Å². The molecule has 0 radical (unpaired) electrons. The first-order valence-electron chi connectivity index (χ1n) is 7.98. The Labute approximate surface area is 134 Å². The minimum atomic E-state index is -0.120. The van der Waals surface area contributed by atoms with Crippen LogP contribution in [0.5, 0.6) is 0 Å². The highest BCUT2D eigenvalue weighted by Gasteiger charge is 2.34. The van der Waals surface area contributed by atoms with Gasteiger partial charge in [-0.2, -0.15) is 0 Å². The number of hydrogen-bond donors (Lipinski definition) is 1. The first kappa shape index (κ1) is 15.7. The topological polar surface area (TPSA) is 103 Å². The van der Waals surface area contributed by atoms with Gasteiger partial charge in [-0.05, 0) is 12.8 Å². The van der Waals surface area contributed by atoms with Crippen LogP contribution in [0.1, 0.15) is 60.6 Å². The molecule has 2 aromatic rings. The van der Waals surface area contributed by atoms with Crippen molar-refractivity contribution in [1.29, 1.82) is 0 Å². The lowest BCUT2D eigenvalue weighted by atomic mass is 10.1. The first-order chi connectivity index (χ1) is 11.1. The molecule has 0 saturated carbocycles. The van der Waals surface area contributed by atoms with Crippen LogP contribution in [0.15, 0.2) is 16.8 Å². The molecule has 0 bridgehead atoms. The average molecular weight is 318 g/mol. The summed E-state index contributed by atoms with van der Waals surface area (Å²) in [6.45, 7) is 5.80. The van der Waals surface area contributed by atoms with Crippen molar-refractivity contribution in [2.24, 2.45) is 5.73 Å². The van der Waals surface area contributed by atoms with Crippen molar-refractivity contribution >= 4 is 5.91 Å². The Morgan fingerprint density at radius 2 is 2.35 bits per heavy atom. The Hall–Kier alpha value is -2.22. The number of hydrogen-bond acceptors (Lipinski definition) is 6. The molecular weight excluding hydrogens is 296 g/mol. The molecule has 0 aromatic carbocycles. The molecule has 0 unspecified atom stereocenters. The Morgan fingerprint density at radius 1 is 1.52 bits per heavy atom. The zero-order valence-corrected chi connectivity index (χ0v) is 13.5. The van der Waals surface area contributed by atoms with Crippen molar-refractivity contribution in [3.63, 3.8) is 0 Å². The normalized spacial score (nSPS) is 18.1. The largest absolute Gasteiger partial charge is 0.361 e. The summed E-state index contributed by atoms with van der Waals surface area (Å²) >= 11 is 0. The number of nitrogens with two attached hydrogens (primary N) is 1. The van der Waals surface area contributed by atoms with E-state index in [0.717, 1.165) is 24.3 Å². The van der Waals surface area contributed by atoms with Crippen molar-refractivity contribution in [2.75, 3.05) is 13.1 Å². The summed E-state index contributed by atoms with van der Waals surface area (Å²) < 4.78 is 6.96. The van der Waals surface area contributed by atoms with Gasteiger partial charge >= 0.3 is 0 Å². The lowest BCUT2D eigenvalue weighted by molar-refractivity contribution is 0.0724. The number of rotatable bonds is 5. The van der Waals surface area contributed by atoms with Crippen molar-refractivity contribution in [2.45, 2.75) is 45.2 Å². The van der Waals surface area contributed by atoms with Crippen LogP contribution in [0.3, 0.4) is 0 Å². The smallest absolute Gasteiger partial charge is 0.276 e. The van der Waals surface area contributed by atoms with Crippen molar-refractivity contribution in [3.8, 4) is 0 Å². The van der Waals surface area contributed by atoms with Gasteiger partial charge in [0.25, 0.3) is 5.91 Å². The maximum atomic E-state index is 12.7. The molecule has 3 rings (SSSR count). The standard InChI is InChI=1S/C15H22N6O2/c1-10(2)14-8-11(18-23-14)13-4-3-6-21(13)15(22)12-9-20(7-5-16)19-17-12/h8-10,13H,3-7,16H2,1-2H3/t13-/m0/s1. The second kappa shape index (κ2) is 6.49. The zero-order valence-electron chi connectivity index (χ0n) is 13.5. The van der Waals surface area contributed by atoms with Crippen LogP contribution in [0.4, 0.5) is 0 Å². The summed E-state index contributed by atoms with van der Waals surface area (Å²) in [5, 5.41) is 12.0. The van der Waals surface area contributed by atoms with Gasteiger partial charge in [0.15, 0.2) is 5.69 Å². The van der Waals surface area contributed by atoms with E-state index in [9.17, 15) is 4.79 Å². The van der Waals surface area contributed by atoms with Crippen LogP contribution in [0, 0.1) is 0 Å². The Kier molecular flexibility index (Phi) is 4.42. The third kappa shape index (κ3) is 3.12. The highest BCUT2D eigenvalue weighted by molar-refractivity contribution is 5.92. The summed E-state index contributed by atoms with van der Waals surface area (Å²) in [6, 6.07) is 1.89. The van der Waals surface area contributed by atoms with Crippen molar-refractivity contribution in [1.82, 2.24) is 25.1 Å². The fraction of sp³-hybridized carbons (Fsp3) is 0.600. The van der Waals surface area contributed by atoms with Crippen LogP contribution < -0.4 is 5.73 Å². The van der Waals surface area contributed by atoms with Gasteiger partial charge < -0.3 is 15.2 Å². The van der Waals surface area contributed by atoms with Crippen LogP contribution in [0.25, 0.3) is 0 Å². The molecule has 0 spiro atoms. The molecule has 3 heterocycles. The zero-order chi connectivity index (χ0) is 16.4. The molecule has 2 aromatic heterocycles. The number of nitrogens with zero attached hydrogens (tertiary/aromatic N) is 5. The lowest BCUT2D eigenvalue weighted by Crippen LogP contribution is -2.31. The van der Waals surface area contributed by atoms with Gasteiger partial charge in [-0.15, -0.1) is 5.10 Å². The van der Waals surface area contributed by atoms with E-state index in [1.54, 1.807) is 15.8 Å². The molecule has 1 saturated heterocycles. The summed E-state index contributed by atoms with van der Waals surface area (Å²) in [5.74, 6) is 0.996. The summed E-state index contributed by atoms with van der Waals surface area (Å²) in [7, 11) is 0. The van der Waals surface area contributed by atoms with E-state index >= 15 is 0 Å².